The fourth-order valence-corrected chi connectivity index (χ4v) is 1.65. The third-order valence-corrected chi connectivity index (χ3v) is 3.07. The first-order chi connectivity index (χ1) is 9.02. The second kappa shape index (κ2) is 5.40. The molecule has 19 heavy (non-hydrogen) atoms. The number of H-pyrrole nitrogens is 1. The van der Waals surface area contributed by atoms with Crippen molar-refractivity contribution in [1.82, 2.24) is 25.7 Å². The Bertz CT molecular complexity index is 592. The Morgan fingerprint density at radius 3 is 2.84 bits per heavy atom. The zero-order chi connectivity index (χ0) is 14.0. The van der Waals surface area contributed by atoms with E-state index in [9.17, 15) is 4.79 Å². The number of carbonyl (C=O) groups is 1. The second-order valence-electron chi connectivity index (χ2n) is 4.11. The van der Waals surface area contributed by atoms with Crippen LogP contribution >= 0.6 is 11.6 Å². The molecule has 0 aliphatic heterocycles. The molecule has 0 saturated carbocycles. The van der Waals surface area contributed by atoms with Gasteiger partial charge in [-0.2, -0.15) is 10.1 Å². The SMILES string of the molecule is CCc1noc(C(C)NC(=O)c2n[nH]c(C)c2Cl)n1. The quantitative estimate of drug-likeness (QED) is 0.892. The fourth-order valence-electron chi connectivity index (χ4n) is 1.48. The first-order valence-corrected chi connectivity index (χ1v) is 6.24. The number of amides is 1. The lowest BCUT2D eigenvalue weighted by Gasteiger charge is -2.08. The van der Waals surface area contributed by atoms with Crippen molar-refractivity contribution in [1.29, 1.82) is 0 Å². The third-order valence-electron chi connectivity index (χ3n) is 2.61. The summed E-state index contributed by atoms with van der Waals surface area (Å²) in [4.78, 5) is 16.1. The van der Waals surface area contributed by atoms with Gasteiger partial charge in [-0.15, -0.1) is 0 Å². The first kappa shape index (κ1) is 13.5. The van der Waals surface area contributed by atoms with Crippen molar-refractivity contribution >= 4 is 17.5 Å². The topological polar surface area (TPSA) is 96.7 Å². The zero-order valence-electron chi connectivity index (χ0n) is 10.8. The van der Waals surface area contributed by atoms with Crippen molar-refractivity contribution in [2.45, 2.75) is 33.2 Å². The number of aryl methyl sites for hydroxylation is 2. The highest BCUT2D eigenvalue weighted by atomic mass is 35.5. The van der Waals surface area contributed by atoms with Gasteiger partial charge in [0.25, 0.3) is 5.91 Å². The molecule has 2 heterocycles. The minimum absolute atomic E-state index is 0.154. The van der Waals surface area contributed by atoms with Gasteiger partial charge in [-0.25, -0.2) is 0 Å². The molecule has 1 atom stereocenters. The van der Waals surface area contributed by atoms with E-state index in [1.165, 1.54) is 0 Å². The van der Waals surface area contributed by atoms with E-state index in [-0.39, 0.29) is 5.69 Å². The van der Waals surface area contributed by atoms with Gasteiger partial charge in [0.2, 0.25) is 5.89 Å². The minimum Gasteiger partial charge on any atom is -0.339 e. The van der Waals surface area contributed by atoms with Gasteiger partial charge in [0.1, 0.15) is 6.04 Å². The number of hydrogen-bond donors (Lipinski definition) is 2. The molecule has 2 rings (SSSR count). The molecule has 0 aliphatic carbocycles. The normalized spacial score (nSPS) is 12.4. The summed E-state index contributed by atoms with van der Waals surface area (Å²) in [6, 6.07) is -0.409. The van der Waals surface area contributed by atoms with Gasteiger partial charge >= 0.3 is 0 Å². The van der Waals surface area contributed by atoms with Crippen LogP contribution in [0.5, 0.6) is 0 Å². The maximum Gasteiger partial charge on any atom is 0.273 e. The highest BCUT2D eigenvalue weighted by molar-refractivity contribution is 6.34. The summed E-state index contributed by atoms with van der Waals surface area (Å²) in [5.74, 6) is 0.566. The molecule has 0 radical (unpaired) electrons. The Labute approximate surface area is 114 Å². The molecule has 0 bridgehead atoms. The van der Waals surface area contributed by atoms with Crippen molar-refractivity contribution in [3.05, 3.63) is 28.1 Å². The molecule has 7 nitrogen and oxygen atoms in total. The van der Waals surface area contributed by atoms with Gasteiger partial charge in [0, 0.05) is 6.42 Å². The molecule has 2 aromatic heterocycles. The van der Waals surface area contributed by atoms with Gasteiger partial charge < -0.3 is 9.84 Å². The molecule has 0 saturated heterocycles. The van der Waals surface area contributed by atoms with Crippen LogP contribution in [-0.2, 0) is 6.42 Å². The lowest BCUT2D eigenvalue weighted by atomic mass is 10.3. The minimum atomic E-state index is -0.409. The van der Waals surface area contributed by atoms with Crippen LogP contribution in [0.4, 0.5) is 0 Å². The van der Waals surface area contributed by atoms with Crippen LogP contribution in [0.25, 0.3) is 0 Å². The molecule has 0 fully saturated rings. The van der Waals surface area contributed by atoms with Crippen molar-refractivity contribution in [3.8, 4) is 0 Å². The molecular weight excluding hydrogens is 270 g/mol. The van der Waals surface area contributed by atoms with Crippen LogP contribution in [0.1, 0.15) is 47.8 Å². The van der Waals surface area contributed by atoms with Crippen molar-refractivity contribution < 1.29 is 9.32 Å². The summed E-state index contributed by atoms with van der Waals surface area (Å²) in [5, 5.41) is 13.3. The fraction of sp³-hybridized carbons (Fsp3) is 0.455. The van der Waals surface area contributed by atoms with Gasteiger partial charge in [0.15, 0.2) is 11.5 Å². The first-order valence-electron chi connectivity index (χ1n) is 5.86. The number of halogens is 1. The van der Waals surface area contributed by atoms with E-state index in [1.54, 1.807) is 13.8 Å². The van der Waals surface area contributed by atoms with Crippen molar-refractivity contribution in [2.75, 3.05) is 0 Å². The molecule has 0 aromatic carbocycles. The highest BCUT2D eigenvalue weighted by Crippen LogP contribution is 2.18. The third kappa shape index (κ3) is 2.76. The summed E-state index contributed by atoms with van der Waals surface area (Å²) in [6.45, 7) is 5.41. The van der Waals surface area contributed by atoms with Gasteiger partial charge in [-0.1, -0.05) is 23.7 Å². The predicted molar refractivity (Wildman–Crippen MR) is 67.9 cm³/mol. The molecule has 0 aliphatic rings. The van der Waals surface area contributed by atoms with Crippen molar-refractivity contribution in [3.63, 3.8) is 0 Å². The van der Waals surface area contributed by atoms with Crippen LogP contribution in [0.3, 0.4) is 0 Å². The Kier molecular flexibility index (Phi) is 3.84. The number of aromatic nitrogens is 4. The van der Waals surface area contributed by atoms with Gasteiger partial charge in [-0.3, -0.25) is 9.89 Å². The highest BCUT2D eigenvalue weighted by Gasteiger charge is 2.21. The second-order valence-corrected chi connectivity index (χ2v) is 4.49. The summed E-state index contributed by atoms with van der Waals surface area (Å²) in [5.41, 5.74) is 0.798. The Balaban J connectivity index is 2.08. The average molecular weight is 284 g/mol. The van der Waals surface area contributed by atoms with E-state index in [0.717, 1.165) is 0 Å². The lowest BCUT2D eigenvalue weighted by Crippen LogP contribution is -2.27. The number of hydrogen-bond acceptors (Lipinski definition) is 5. The number of rotatable bonds is 4. The van der Waals surface area contributed by atoms with Gasteiger partial charge in [0.05, 0.1) is 10.7 Å². The smallest absolute Gasteiger partial charge is 0.273 e. The summed E-state index contributed by atoms with van der Waals surface area (Å²) in [6.07, 6.45) is 0.675. The Morgan fingerprint density at radius 2 is 2.32 bits per heavy atom. The predicted octanol–water partition coefficient (Wildman–Crippen LogP) is 1.81. The molecule has 1 amide bonds. The van der Waals surface area contributed by atoms with Gasteiger partial charge in [-0.05, 0) is 13.8 Å². The standard InChI is InChI=1S/C11H14ClN5O2/c1-4-7-14-11(19-17-7)6(3)13-10(18)9-8(12)5(2)15-16-9/h6H,4H2,1-3H3,(H,13,18)(H,15,16). The van der Waals surface area contributed by atoms with E-state index in [0.29, 0.717) is 28.9 Å². The van der Waals surface area contributed by atoms with Crippen LogP contribution < -0.4 is 5.32 Å². The number of nitrogens with one attached hydrogen (secondary N) is 2. The Hall–Kier alpha value is -1.89. The average Bonchev–Trinajstić information content (AvgIpc) is 2.98. The molecular formula is C11H14ClN5O2. The zero-order valence-corrected chi connectivity index (χ0v) is 11.6. The number of carbonyl (C=O) groups excluding carboxylic acids is 1. The molecule has 8 heteroatoms. The summed E-state index contributed by atoms with van der Waals surface area (Å²) >= 11 is 5.95. The summed E-state index contributed by atoms with van der Waals surface area (Å²) < 4.78 is 5.05. The Morgan fingerprint density at radius 1 is 1.58 bits per heavy atom. The largest absolute Gasteiger partial charge is 0.339 e. The molecule has 2 aromatic rings. The number of nitrogens with zero attached hydrogens (tertiary/aromatic N) is 3. The molecule has 2 N–H and O–H groups in total. The monoisotopic (exact) mass is 283 g/mol. The maximum atomic E-state index is 12.0. The van der Waals surface area contributed by atoms with Crippen LogP contribution in [-0.4, -0.2) is 26.2 Å². The summed E-state index contributed by atoms with van der Waals surface area (Å²) in [7, 11) is 0. The lowest BCUT2D eigenvalue weighted by molar-refractivity contribution is 0.0927. The molecule has 1 unspecified atom stereocenters. The molecule has 0 spiro atoms. The van der Waals surface area contributed by atoms with E-state index in [1.807, 2.05) is 6.92 Å². The molecule has 102 valence electrons. The van der Waals surface area contributed by atoms with Crippen LogP contribution in [0.2, 0.25) is 5.02 Å². The van der Waals surface area contributed by atoms with Crippen LogP contribution in [0.15, 0.2) is 4.52 Å². The van der Waals surface area contributed by atoms with E-state index in [2.05, 4.69) is 25.7 Å². The van der Waals surface area contributed by atoms with Crippen molar-refractivity contribution in [2.24, 2.45) is 0 Å². The van der Waals surface area contributed by atoms with E-state index >= 15 is 0 Å². The van der Waals surface area contributed by atoms with E-state index in [4.69, 9.17) is 16.1 Å². The van der Waals surface area contributed by atoms with Crippen LogP contribution in [0, 0.1) is 6.92 Å². The maximum absolute atomic E-state index is 12.0. The van der Waals surface area contributed by atoms with E-state index < -0.39 is 11.9 Å². The number of aromatic amines is 1.